The molecule has 3 aromatic rings. The topological polar surface area (TPSA) is 85.2 Å². The molecule has 0 saturated heterocycles. The van der Waals surface area contributed by atoms with Crippen molar-refractivity contribution in [2.45, 2.75) is 59.5 Å². The monoisotopic (exact) mass is 476 g/mol. The molecule has 1 unspecified atom stereocenters. The molecule has 0 radical (unpaired) electrons. The lowest BCUT2D eigenvalue weighted by Gasteiger charge is -2.16. The molecular weight excluding hydrogens is 440 g/mol. The quantitative estimate of drug-likeness (QED) is 0.461. The van der Waals surface area contributed by atoms with E-state index in [0.29, 0.717) is 17.9 Å². The van der Waals surface area contributed by atoms with Gasteiger partial charge in [0.15, 0.2) is 5.69 Å². The van der Waals surface area contributed by atoms with Gasteiger partial charge in [0, 0.05) is 30.5 Å². The molecule has 2 amide bonds. The molecule has 3 rings (SSSR count). The summed E-state index contributed by atoms with van der Waals surface area (Å²) < 4.78 is 6.94. The Bertz CT molecular complexity index is 1180. The molecule has 7 heteroatoms. The SMILES string of the molecule is COCC(C)NC(=O)c1cc(-c2ccc(C)cc2)cc(-n2nc(C(=O)NC(C)C)cc2C(C)C)c1. The summed E-state index contributed by atoms with van der Waals surface area (Å²) in [6, 6.07) is 15.6. The van der Waals surface area contributed by atoms with Crippen LogP contribution in [0.4, 0.5) is 0 Å². The summed E-state index contributed by atoms with van der Waals surface area (Å²) in [6.07, 6.45) is 0. The Morgan fingerprint density at radius 3 is 2.20 bits per heavy atom. The number of methoxy groups -OCH3 is 1. The highest BCUT2D eigenvalue weighted by Crippen LogP contribution is 2.27. The molecule has 1 heterocycles. The van der Waals surface area contributed by atoms with Gasteiger partial charge in [0.25, 0.3) is 11.8 Å². The molecule has 0 aliphatic heterocycles. The largest absolute Gasteiger partial charge is 0.383 e. The number of aromatic nitrogens is 2. The molecule has 2 N–H and O–H groups in total. The van der Waals surface area contributed by atoms with E-state index in [1.165, 1.54) is 0 Å². The number of rotatable bonds is 9. The van der Waals surface area contributed by atoms with Gasteiger partial charge >= 0.3 is 0 Å². The average molecular weight is 477 g/mol. The molecule has 35 heavy (non-hydrogen) atoms. The zero-order valence-electron chi connectivity index (χ0n) is 21.7. The number of hydrogen-bond acceptors (Lipinski definition) is 4. The van der Waals surface area contributed by atoms with Gasteiger partial charge in [0.1, 0.15) is 0 Å². The predicted molar refractivity (Wildman–Crippen MR) is 139 cm³/mol. The van der Waals surface area contributed by atoms with Crippen molar-refractivity contribution in [3.8, 4) is 16.8 Å². The summed E-state index contributed by atoms with van der Waals surface area (Å²) in [5.41, 5.74) is 5.52. The van der Waals surface area contributed by atoms with Crippen LogP contribution >= 0.6 is 0 Å². The van der Waals surface area contributed by atoms with Crippen molar-refractivity contribution in [3.63, 3.8) is 0 Å². The van der Waals surface area contributed by atoms with Crippen LogP contribution in [0.25, 0.3) is 16.8 Å². The molecule has 0 spiro atoms. The molecular formula is C28H36N4O3. The molecule has 7 nitrogen and oxygen atoms in total. The zero-order valence-corrected chi connectivity index (χ0v) is 21.7. The van der Waals surface area contributed by atoms with Crippen LogP contribution in [-0.4, -0.2) is 47.4 Å². The van der Waals surface area contributed by atoms with Crippen LogP contribution in [0.2, 0.25) is 0 Å². The Kier molecular flexibility index (Phi) is 8.46. The van der Waals surface area contributed by atoms with E-state index >= 15 is 0 Å². The lowest BCUT2D eigenvalue weighted by atomic mass is 10.00. The fraction of sp³-hybridized carbons (Fsp3) is 0.393. The van der Waals surface area contributed by atoms with Gasteiger partial charge in [-0.1, -0.05) is 43.7 Å². The van der Waals surface area contributed by atoms with Gasteiger partial charge in [-0.05, 0) is 69.0 Å². The number of carbonyl (C=O) groups excluding carboxylic acids is 2. The van der Waals surface area contributed by atoms with E-state index in [2.05, 4.69) is 29.6 Å². The summed E-state index contributed by atoms with van der Waals surface area (Å²) in [7, 11) is 1.61. The van der Waals surface area contributed by atoms with Crippen molar-refractivity contribution in [2.75, 3.05) is 13.7 Å². The highest BCUT2D eigenvalue weighted by molar-refractivity contribution is 5.96. The fourth-order valence-corrected chi connectivity index (χ4v) is 3.84. The number of amides is 2. The third-order valence-electron chi connectivity index (χ3n) is 5.58. The van der Waals surface area contributed by atoms with Crippen LogP contribution in [0.3, 0.4) is 0 Å². The van der Waals surface area contributed by atoms with Crippen molar-refractivity contribution in [1.82, 2.24) is 20.4 Å². The average Bonchev–Trinajstić information content (AvgIpc) is 3.25. The Morgan fingerprint density at radius 1 is 0.914 bits per heavy atom. The van der Waals surface area contributed by atoms with Crippen LogP contribution in [-0.2, 0) is 4.74 Å². The van der Waals surface area contributed by atoms with Crippen molar-refractivity contribution in [3.05, 3.63) is 71.0 Å². The molecule has 1 aromatic heterocycles. The fourth-order valence-electron chi connectivity index (χ4n) is 3.84. The Labute approximate surface area is 207 Å². The molecule has 186 valence electrons. The molecule has 2 aromatic carbocycles. The number of nitrogens with one attached hydrogen (secondary N) is 2. The first-order chi connectivity index (χ1) is 16.6. The van der Waals surface area contributed by atoms with Crippen LogP contribution in [0.5, 0.6) is 0 Å². The maximum atomic E-state index is 13.1. The molecule has 0 fully saturated rings. The van der Waals surface area contributed by atoms with E-state index in [9.17, 15) is 9.59 Å². The van der Waals surface area contributed by atoms with Gasteiger partial charge < -0.3 is 15.4 Å². The predicted octanol–water partition coefficient (Wildman–Crippen LogP) is 4.87. The second kappa shape index (κ2) is 11.3. The lowest BCUT2D eigenvalue weighted by Crippen LogP contribution is -2.35. The zero-order chi connectivity index (χ0) is 25.7. The number of aryl methyl sites for hydroxylation is 1. The molecule has 0 saturated carbocycles. The van der Waals surface area contributed by atoms with Gasteiger partial charge in [-0.2, -0.15) is 5.10 Å². The summed E-state index contributed by atoms with van der Waals surface area (Å²) in [5, 5.41) is 10.5. The maximum Gasteiger partial charge on any atom is 0.272 e. The highest BCUT2D eigenvalue weighted by Gasteiger charge is 2.20. The van der Waals surface area contributed by atoms with Crippen molar-refractivity contribution >= 4 is 11.8 Å². The molecule has 1 atom stereocenters. The summed E-state index contributed by atoms with van der Waals surface area (Å²) in [5.74, 6) is -0.299. The van der Waals surface area contributed by atoms with E-state index < -0.39 is 0 Å². The third kappa shape index (κ3) is 6.57. The standard InChI is InChI=1S/C28H36N4O3/c1-17(2)26-15-25(28(34)29-18(3)4)31-32(26)24-13-22(21-10-8-19(5)9-11-21)12-23(14-24)27(33)30-20(6)16-35-7/h8-15,17-18,20H,16H2,1-7H3,(H,29,34)(H,30,33). The van der Waals surface area contributed by atoms with Gasteiger partial charge in [-0.25, -0.2) is 4.68 Å². The minimum atomic E-state index is -0.221. The van der Waals surface area contributed by atoms with E-state index in [1.807, 2.05) is 76.2 Å². The first kappa shape index (κ1) is 26.2. The Morgan fingerprint density at radius 2 is 1.60 bits per heavy atom. The minimum absolute atomic E-state index is 0.00408. The molecule has 0 aliphatic rings. The Hall–Kier alpha value is -3.45. The first-order valence-electron chi connectivity index (χ1n) is 12.0. The maximum absolute atomic E-state index is 13.1. The number of benzene rings is 2. The number of nitrogens with zero attached hydrogens (tertiary/aromatic N) is 2. The van der Waals surface area contributed by atoms with Crippen LogP contribution in [0, 0.1) is 6.92 Å². The highest BCUT2D eigenvalue weighted by atomic mass is 16.5. The smallest absolute Gasteiger partial charge is 0.272 e. The van der Waals surface area contributed by atoms with Crippen molar-refractivity contribution in [1.29, 1.82) is 0 Å². The molecule has 0 bridgehead atoms. The van der Waals surface area contributed by atoms with Gasteiger partial charge in [-0.15, -0.1) is 0 Å². The second-order valence-electron chi connectivity index (χ2n) is 9.61. The lowest BCUT2D eigenvalue weighted by molar-refractivity contribution is 0.0903. The molecule has 0 aliphatic carbocycles. The van der Waals surface area contributed by atoms with Gasteiger partial charge in [0.2, 0.25) is 0 Å². The Balaban J connectivity index is 2.14. The summed E-state index contributed by atoms with van der Waals surface area (Å²) in [4.78, 5) is 25.8. The van der Waals surface area contributed by atoms with E-state index in [1.54, 1.807) is 11.8 Å². The summed E-state index contributed by atoms with van der Waals surface area (Å²) >= 11 is 0. The third-order valence-corrected chi connectivity index (χ3v) is 5.58. The van der Waals surface area contributed by atoms with Crippen LogP contribution in [0.1, 0.15) is 72.6 Å². The van der Waals surface area contributed by atoms with Crippen LogP contribution in [0.15, 0.2) is 48.5 Å². The second-order valence-corrected chi connectivity index (χ2v) is 9.61. The first-order valence-corrected chi connectivity index (χ1v) is 12.0. The number of hydrogen-bond donors (Lipinski definition) is 2. The minimum Gasteiger partial charge on any atom is -0.383 e. The van der Waals surface area contributed by atoms with Crippen molar-refractivity contribution < 1.29 is 14.3 Å². The number of carbonyl (C=O) groups is 2. The number of ether oxygens (including phenoxy) is 1. The van der Waals surface area contributed by atoms with E-state index in [-0.39, 0.29) is 29.8 Å². The van der Waals surface area contributed by atoms with Gasteiger partial charge in [-0.3, -0.25) is 9.59 Å². The van der Waals surface area contributed by atoms with Crippen LogP contribution < -0.4 is 10.6 Å². The van der Waals surface area contributed by atoms with E-state index in [4.69, 9.17) is 4.74 Å². The van der Waals surface area contributed by atoms with E-state index in [0.717, 1.165) is 28.1 Å². The van der Waals surface area contributed by atoms with Gasteiger partial charge in [0.05, 0.1) is 12.3 Å². The normalized spacial score (nSPS) is 12.1. The summed E-state index contributed by atoms with van der Waals surface area (Å²) in [6.45, 7) is 12.3. The van der Waals surface area contributed by atoms with Crippen molar-refractivity contribution in [2.24, 2.45) is 0 Å².